The van der Waals surface area contributed by atoms with Gasteiger partial charge in [-0.2, -0.15) is 0 Å². The molecule has 0 atom stereocenters. The third kappa shape index (κ3) is 3.50. The average Bonchev–Trinajstić information content (AvgIpc) is 2.32. The number of benzene rings is 2. The van der Waals surface area contributed by atoms with E-state index in [4.69, 9.17) is 27.9 Å². The van der Waals surface area contributed by atoms with E-state index in [1.54, 1.807) is 12.1 Å². The van der Waals surface area contributed by atoms with Crippen LogP contribution < -0.4 is 4.74 Å². The highest BCUT2D eigenvalue weighted by atomic mass is 127. The predicted octanol–water partition coefficient (Wildman–Crippen LogP) is 5.18. The molecule has 0 aromatic heterocycles. The van der Waals surface area contributed by atoms with Gasteiger partial charge in [-0.25, -0.2) is 0 Å². The first-order valence-corrected chi connectivity index (χ1v) is 6.81. The number of hydrogen-bond donors (Lipinski definition) is 0. The van der Waals surface area contributed by atoms with Crippen LogP contribution in [-0.4, -0.2) is 0 Å². The number of para-hydroxylation sites is 1. The minimum atomic E-state index is 0.416. The van der Waals surface area contributed by atoms with Crippen LogP contribution in [0.25, 0.3) is 0 Å². The molecular formula is C13H9Cl2IO. The molecule has 2 aromatic carbocycles. The summed E-state index contributed by atoms with van der Waals surface area (Å²) in [7, 11) is 0. The van der Waals surface area contributed by atoms with Crippen LogP contribution in [0, 0.1) is 3.57 Å². The molecule has 0 fully saturated rings. The second-order valence-corrected chi connectivity index (χ2v) is 5.46. The number of rotatable bonds is 3. The van der Waals surface area contributed by atoms with E-state index in [-0.39, 0.29) is 0 Å². The molecule has 0 heterocycles. The summed E-state index contributed by atoms with van der Waals surface area (Å²) in [6.07, 6.45) is 0. The van der Waals surface area contributed by atoms with Crippen molar-refractivity contribution in [1.82, 2.24) is 0 Å². The van der Waals surface area contributed by atoms with Crippen LogP contribution in [0.15, 0.2) is 42.5 Å². The highest BCUT2D eigenvalue weighted by Crippen LogP contribution is 2.24. The van der Waals surface area contributed by atoms with E-state index in [1.165, 1.54) is 0 Å². The molecule has 0 aliphatic carbocycles. The minimum absolute atomic E-state index is 0.416. The van der Waals surface area contributed by atoms with Crippen molar-refractivity contribution in [1.29, 1.82) is 0 Å². The van der Waals surface area contributed by atoms with E-state index in [0.717, 1.165) is 14.9 Å². The van der Waals surface area contributed by atoms with Crippen LogP contribution in [0.3, 0.4) is 0 Å². The van der Waals surface area contributed by atoms with Crippen molar-refractivity contribution in [2.24, 2.45) is 0 Å². The summed E-state index contributed by atoms with van der Waals surface area (Å²) in [5.41, 5.74) is 0.888. The quantitative estimate of drug-likeness (QED) is 0.669. The van der Waals surface area contributed by atoms with Gasteiger partial charge in [-0.15, -0.1) is 0 Å². The topological polar surface area (TPSA) is 9.23 Å². The highest BCUT2D eigenvalue weighted by molar-refractivity contribution is 14.1. The fourth-order valence-electron chi connectivity index (χ4n) is 1.37. The largest absolute Gasteiger partial charge is 0.488 e. The first-order chi connectivity index (χ1) is 8.16. The summed E-state index contributed by atoms with van der Waals surface area (Å²) < 4.78 is 6.78. The first kappa shape index (κ1) is 13.0. The molecule has 0 radical (unpaired) electrons. The number of halogens is 3. The zero-order valence-electron chi connectivity index (χ0n) is 8.79. The second-order valence-electron chi connectivity index (χ2n) is 3.45. The third-order valence-electron chi connectivity index (χ3n) is 2.23. The van der Waals surface area contributed by atoms with Gasteiger partial charge in [0.1, 0.15) is 12.4 Å². The Labute approximate surface area is 124 Å². The van der Waals surface area contributed by atoms with Gasteiger partial charge in [-0.3, -0.25) is 0 Å². The maximum Gasteiger partial charge on any atom is 0.133 e. The Bertz CT molecular complexity index is 529. The normalized spacial score (nSPS) is 10.3. The van der Waals surface area contributed by atoms with Gasteiger partial charge in [0, 0.05) is 15.6 Å². The fourth-order valence-corrected chi connectivity index (χ4v) is 2.28. The van der Waals surface area contributed by atoms with Gasteiger partial charge in [0.05, 0.1) is 3.57 Å². The average molecular weight is 379 g/mol. The number of hydrogen-bond acceptors (Lipinski definition) is 1. The summed E-state index contributed by atoms with van der Waals surface area (Å²) >= 11 is 14.2. The summed E-state index contributed by atoms with van der Waals surface area (Å²) in [5, 5.41) is 1.33. The molecule has 0 aliphatic heterocycles. The van der Waals surface area contributed by atoms with Crippen LogP contribution in [-0.2, 0) is 6.61 Å². The molecule has 0 N–H and O–H groups in total. The van der Waals surface area contributed by atoms with Crippen LogP contribution in [0.1, 0.15) is 5.56 Å². The van der Waals surface area contributed by atoms with E-state index >= 15 is 0 Å². The Morgan fingerprint density at radius 3 is 2.59 bits per heavy atom. The molecule has 2 aromatic rings. The van der Waals surface area contributed by atoms with Gasteiger partial charge < -0.3 is 4.74 Å². The Kier molecular flexibility index (Phi) is 4.54. The SMILES string of the molecule is Clc1ccc(Cl)c(COc2ccccc2I)c1. The van der Waals surface area contributed by atoms with Crippen molar-refractivity contribution in [3.8, 4) is 5.75 Å². The van der Waals surface area contributed by atoms with Crippen LogP contribution in [0.5, 0.6) is 5.75 Å². The molecule has 0 unspecified atom stereocenters. The zero-order chi connectivity index (χ0) is 12.3. The van der Waals surface area contributed by atoms with Crippen molar-refractivity contribution in [3.05, 3.63) is 61.6 Å². The monoisotopic (exact) mass is 378 g/mol. The van der Waals surface area contributed by atoms with Gasteiger partial charge in [0.25, 0.3) is 0 Å². The maximum atomic E-state index is 6.06. The lowest BCUT2D eigenvalue weighted by molar-refractivity contribution is 0.304. The summed E-state index contributed by atoms with van der Waals surface area (Å²) in [4.78, 5) is 0. The van der Waals surface area contributed by atoms with Crippen molar-refractivity contribution < 1.29 is 4.74 Å². The van der Waals surface area contributed by atoms with Gasteiger partial charge in [-0.05, 0) is 52.9 Å². The van der Waals surface area contributed by atoms with Crippen molar-refractivity contribution >= 4 is 45.8 Å². The van der Waals surface area contributed by atoms with E-state index in [2.05, 4.69) is 22.6 Å². The molecule has 88 valence electrons. The lowest BCUT2D eigenvalue weighted by Gasteiger charge is -2.09. The molecule has 0 aliphatic rings. The van der Waals surface area contributed by atoms with Crippen molar-refractivity contribution in [3.63, 3.8) is 0 Å². The maximum absolute atomic E-state index is 6.06. The minimum Gasteiger partial charge on any atom is -0.488 e. The standard InChI is InChI=1S/C13H9Cl2IO/c14-10-5-6-11(15)9(7-10)8-17-13-4-2-1-3-12(13)16/h1-7H,8H2. The Morgan fingerprint density at radius 2 is 1.82 bits per heavy atom. The van der Waals surface area contributed by atoms with E-state index in [9.17, 15) is 0 Å². The van der Waals surface area contributed by atoms with E-state index < -0.39 is 0 Å². The molecule has 0 spiro atoms. The molecule has 0 amide bonds. The van der Waals surface area contributed by atoms with Crippen molar-refractivity contribution in [2.45, 2.75) is 6.61 Å². The van der Waals surface area contributed by atoms with E-state index in [1.807, 2.05) is 30.3 Å². The van der Waals surface area contributed by atoms with Crippen LogP contribution in [0.4, 0.5) is 0 Å². The molecule has 0 saturated carbocycles. The van der Waals surface area contributed by atoms with E-state index in [0.29, 0.717) is 16.7 Å². The van der Waals surface area contributed by atoms with Gasteiger partial charge >= 0.3 is 0 Å². The van der Waals surface area contributed by atoms with Crippen LogP contribution >= 0.6 is 45.8 Å². The lowest BCUT2D eigenvalue weighted by Crippen LogP contribution is -1.97. The summed E-state index contributed by atoms with van der Waals surface area (Å²) in [6, 6.07) is 13.2. The molecule has 4 heteroatoms. The predicted molar refractivity (Wildman–Crippen MR) is 80.0 cm³/mol. The summed E-state index contributed by atoms with van der Waals surface area (Å²) in [5.74, 6) is 0.851. The fraction of sp³-hybridized carbons (Fsp3) is 0.0769. The Balaban J connectivity index is 2.12. The molecule has 0 saturated heterocycles. The Morgan fingerprint density at radius 1 is 1.06 bits per heavy atom. The Hall–Kier alpha value is -0.450. The van der Waals surface area contributed by atoms with Gasteiger partial charge in [0.15, 0.2) is 0 Å². The first-order valence-electron chi connectivity index (χ1n) is 4.98. The van der Waals surface area contributed by atoms with Gasteiger partial charge in [0.2, 0.25) is 0 Å². The van der Waals surface area contributed by atoms with Crippen LogP contribution in [0.2, 0.25) is 10.0 Å². The molecular weight excluding hydrogens is 370 g/mol. The molecule has 2 rings (SSSR count). The third-order valence-corrected chi connectivity index (χ3v) is 3.72. The summed E-state index contributed by atoms with van der Waals surface area (Å²) in [6.45, 7) is 0.416. The lowest BCUT2D eigenvalue weighted by atomic mass is 10.2. The smallest absolute Gasteiger partial charge is 0.133 e. The molecule has 0 bridgehead atoms. The van der Waals surface area contributed by atoms with Crippen molar-refractivity contribution in [2.75, 3.05) is 0 Å². The zero-order valence-corrected chi connectivity index (χ0v) is 12.5. The number of ether oxygens (including phenoxy) is 1. The highest BCUT2D eigenvalue weighted by Gasteiger charge is 2.04. The molecule has 1 nitrogen and oxygen atoms in total. The molecule has 17 heavy (non-hydrogen) atoms. The second kappa shape index (κ2) is 5.94. The van der Waals surface area contributed by atoms with Gasteiger partial charge in [-0.1, -0.05) is 35.3 Å².